The third kappa shape index (κ3) is 6.75. The van der Waals surface area contributed by atoms with Gasteiger partial charge in [-0.15, -0.1) is 0 Å². The standard InChI is InChI=1S/C19H22F3NO4S2/c20-19(21,22)28-17-6-3-14(4-7-17)5-8-18(24)23(12-16-2-1-10-27-16)15-9-11-29(25,26)13-15/h3-8,15-16H,1-2,9-13H2. The van der Waals surface area contributed by atoms with Crippen LogP contribution in [0.4, 0.5) is 13.2 Å². The van der Waals surface area contributed by atoms with Crippen LogP contribution in [0.25, 0.3) is 6.08 Å². The van der Waals surface area contributed by atoms with Crippen LogP contribution in [-0.4, -0.2) is 61.5 Å². The summed E-state index contributed by atoms with van der Waals surface area (Å²) in [6.07, 6.45) is 4.90. The molecule has 0 N–H and O–H groups in total. The van der Waals surface area contributed by atoms with Crippen LogP contribution in [0.15, 0.2) is 35.2 Å². The molecule has 2 heterocycles. The number of sulfone groups is 1. The van der Waals surface area contributed by atoms with E-state index in [-0.39, 0.29) is 46.2 Å². The van der Waals surface area contributed by atoms with Crippen LogP contribution >= 0.6 is 11.8 Å². The summed E-state index contributed by atoms with van der Waals surface area (Å²) in [5, 5.41) is 0. The second kappa shape index (κ2) is 9.09. The molecule has 0 saturated carbocycles. The smallest absolute Gasteiger partial charge is 0.376 e. The molecule has 160 valence electrons. The van der Waals surface area contributed by atoms with E-state index in [0.717, 1.165) is 12.8 Å². The molecule has 0 spiro atoms. The van der Waals surface area contributed by atoms with Crippen molar-refractivity contribution in [1.82, 2.24) is 4.90 Å². The predicted molar refractivity (Wildman–Crippen MR) is 105 cm³/mol. The lowest BCUT2D eigenvalue weighted by atomic mass is 10.1. The molecule has 1 aromatic rings. The zero-order chi connectivity index (χ0) is 21.1. The third-order valence-corrected chi connectivity index (χ3v) is 7.38. The SMILES string of the molecule is O=C(C=Cc1ccc(SC(F)(F)F)cc1)N(CC1CCCO1)C1CCS(=O)(=O)C1. The zero-order valence-corrected chi connectivity index (χ0v) is 17.2. The molecule has 2 unspecified atom stereocenters. The van der Waals surface area contributed by atoms with Crippen molar-refractivity contribution in [2.45, 2.75) is 41.8 Å². The molecule has 2 aliphatic rings. The second-order valence-corrected chi connectivity index (χ2v) is 10.5. The molecule has 0 radical (unpaired) electrons. The van der Waals surface area contributed by atoms with Crippen molar-refractivity contribution in [3.8, 4) is 0 Å². The van der Waals surface area contributed by atoms with E-state index in [2.05, 4.69) is 0 Å². The maximum absolute atomic E-state index is 12.8. The summed E-state index contributed by atoms with van der Waals surface area (Å²) in [7, 11) is -3.15. The first kappa shape index (κ1) is 22.2. The number of hydrogen-bond donors (Lipinski definition) is 0. The molecule has 5 nitrogen and oxygen atoms in total. The topological polar surface area (TPSA) is 63.7 Å². The highest BCUT2D eigenvalue weighted by Gasteiger charge is 2.35. The van der Waals surface area contributed by atoms with Gasteiger partial charge in [-0.25, -0.2) is 8.42 Å². The number of nitrogens with zero attached hydrogens (tertiary/aromatic N) is 1. The van der Waals surface area contributed by atoms with E-state index < -0.39 is 15.3 Å². The molecule has 2 saturated heterocycles. The number of alkyl halides is 3. The number of amides is 1. The minimum Gasteiger partial charge on any atom is -0.376 e. The number of carbonyl (C=O) groups excluding carboxylic acids is 1. The summed E-state index contributed by atoms with van der Waals surface area (Å²) in [5.41, 5.74) is -3.77. The predicted octanol–water partition coefficient (Wildman–Crippen LogP) is 3.51. The molecular weight excluding hydrogens is 427 g/mol. The highest BCUT2D eigenvalue weighted by molar-refractivity contribution is 8.00. The Labute approximate surface area is 172 Å². The average molecular weight is 450 g/mol. The minimum atomic E-state index is -4.35. The molecule has 3 rings (SSSR count). The summed E-state index contributed by atoms with van der Waals surface area (Å²) in [6.45, 7) is 0.971. The Morgan fingerprint density at radius 1 is 1.24 bits per heavy atom. The summed E-state index contributed by atoms with van der Waals surface area (Å²) < 4.78 is 66.5. The Kier molecular flexibility index (Phi) is 6.95. The lowest BCUT2D eigenvalue weighted by Crippen LogP contribution is -2.44. The minimum absolute atomic E-state index is 0.0529. The number of halogens is 3. The van der Waals surface area contributed by atoms with Crippen LogP contribution in [0.2, 0.25) is 0 Å². The van der Waals surface area contributed by atoms with Gasteiger partial charge < -0.3 is 9.64 Å². The van der Waals surface area contributed by atoms with E-state index in [1.54, 1.807) is 4.90 Å². The summed E-state index contributed by atoms with van der Waals surface area (Å²) >= 11 is -0.197. The van der Waals surface area contributed by atoms with Gasteiger partial charge in [-0.2, -0.15) is 13.2 Å². The van der Waals surface area contributed by atoms with E-state index >= 15 is 0 Å². The monoisotopic (exact) mass is 449 g/mol. The number of thioether (sulfide) groups is 1. The Bertz CT molecular complexity index is 847. The maximum atomic E-state index is 12.8. The number of carbonyl (C=O) groups is 1. The van der Waals surface area contributed by atoms with Crippen LogP contribution in [0.1, 0.15) is 24.8 Å². The molecule has 0 bridgehead atoms. The Balaban J connectivity index is 1.68. The van der Waals surface area contributed by atoms with E-state index in [9.17, 15) is 26.4 Å². The van der Waals surface area contributed by atoms with Crippen molar-refractivity contribution in [3.05, 3.63) is 35.9 Å². The maximum Gasteiger partial charge on any atom is 0.446 e. The lowest BCUT2D eigenvalue weighted by Gasteiger charge is -2.29. The van der Waals surface area contributed by atoms with Crippen molar-refractivity contribution in [2.24, 2.45) is 0 Å². The van der Waals surface area contributed by atoms with Crippen LogP contribution in [-0.2, 0) is 19.4 Å². The first-order valence-electron chi connectivity index (χ1n) is 9.28. The highest BCUT2D eigenvalue weighted by Crippen LogP contribution is 2.36. The fourth-order valence-corrected chi connectivity index (χ4v) is 5.76. The number of ether oxygens (including phenoxy) is 1. The highest BCUT2D eigenvalue weighted by atomic mass is 32.2. The van der Waals surface area contributed by atoms with Gasteiger partial charge in [-0.1, -0.05) is 12.1 Å². The van der Waals surface area contributed by atoms with Gasteiger partial charge in [-0.05, 0) is 54.8 Å². The van der Waals surface area contributed by atoms with E-state index in [1.165, 1.54) is 36.4 Å². The molecule has 0 aliphatic carbocycles. The van der Waals surface area contributed by atoms with Crippen molar-refractivity contribution in [1.29, 1.82) is 0 Å². The van der Waals surface area contributed by atoms with Crippen molar-refractivity contribution < 1.29 is 31.1 Å². The van der Waals surface area contributed by atoms with Crippen LogP contribution < -0.4 is 0 Å². The quantitative estimate of drug-likeness (QED) is 0.491. The fourth-order valence-electron chi connectivity index (χ4n) is 3.49. The second-order valence-electron chi connectivity index (χ2n) is 7.13. The number of benzene rings is 1. The molecule has 2 atom stereocenters. The molecule has 1 aromatic carbocycles. The molecule has 2 aliphatic heterocycles. The van der Waals surface area contributed by atoms with E-state index in [0.29, 0.717) is 25.1 Å². The van der Waals surface area contributed by atoms with Crippen molar-refractivity contribution in [2.75, 3.05) is 24.7 Å². The summed E-state index contributed by atoms with van der Waals surface area (Å²) in [4.78, 5) is 14.4. The van der Waals surface area contributed by atoms with Gasteiger partial charge in [0.1, 0.15) is 0 Å². The normalized spacial score (nSPS) is 24.2. The van der Waals surface area contributed by atoms with Gasteiger partial charge >= 0.3 is 5.51 Å². The molecule has 29 heavy (non-hydrogen) atoms. The largest absolute Gasteiger partial charge is 0.446 e. The van der Waals surface area contributed by atoms with E-state index in [1.807, 2.05) is 0 Å². The van der Waals surface area contributed by atoms with Gasteiger partial charge in [0.2, 0.25) is 5.91 Å². The van der Waals surface area contributed by atoms with Crippen LogP contribution in [0, 0.1) is 0 Å². The first-order valence-corrected chi connectivity index (χ1v) is 11.9. The third-order valence-electron chi connectivity index (χ3n) is 4.89. The van der Waals surface area contributed by atoms with E-state index in [4.69, 9.17) is 4.74 Å². The van der Waals surface area contributed by atoms with Gasteiger partial charge in [-0.3, -0.25) is 4.79 Å². The molecule has 10 heteroatoms. The summed E-state index contributed by atoms with van der Waals surface area (Å²) in [6, 6.07) is 5.31. The zero-order valence-electron chi connectivity index (χ0n) is 15.6. The Morgan fingerprint density at radius 2 is 1.97 bits per heavy atom. The van der Waals surface area contributed by atoms with Gasteiger partial charge in [0.05, 0.1) is 17.6 Å². The number of rotatable bonds is 6. The molecular formula is C19H22F3NO4S2. The van der Waals surface area contributed by atoms with Gasteiger partial charge in [0, 0.05) is 30.2 Å². The first-order chi connectivity index (χ1) is 13.6. The Morgan fingerprint density at radius 3 is 2.52 bits per heavy atom. The fraction of sp³-hybridized carbons (Fsp3) is 0.526. The van der Waals surface area contributed by atoms with Crippen molar-refractivity contribution >= 4 is 33.6 Å². The van der Waals surface area contributed by atoms with Crippen LogP contribution in [0.5, 0.6) is 0 Å². The van der Waals surface area contributed by atoms with Crippen molar-refractivity contribution in [3.63, 3.8) is 0 Å². The molecule has 1 amide bonds. The average Bonchev–Trinajstić information content (AvgIpc) is 3.26. The summed E-state index contributed by atoms with van der Waals surface area (Å²) in [5.74, 6) is -0.311. The van der Waals surface area contributed by atoms with Crippen LogP contribution in [0.3, 0.4) is 0 Å². The van der Waals surface area contributed by atoms with Gasteiger partial charge in [0.25, 0.3) is 0 Å². The Hall–Kier alpha value is -1.52. The lowest BCUT2D eigenvalue weighted by molar-refractivity contribution is -0.129. The van der Waals surface area contributed by atoms with Gasteiger partial charge in [0.15, 0.2) is 9.84 Å². The molecule has 2 fully saturated rings. The molecule has 0 aromatic heterocycles. The number of hydrogen-bond acceptors (Lipinski definition) is 5.